The molecule has 0 radical (unpaired) electrons. The van der Waals surface area contributed by atoms with Gasteiger partial charge in [-0.15, -0.1) is 0 Å². The molecule has 1 atom stereocenters. The Labute approximate surface area is 278 Å². The Morgan fingerprint density at radius 3 is 2.17 bits per heavy atom. The van der Waals surface area contributed by atoms with Crippen molar-refractivity contribution in [3.05, 3.63) is 130 Å². The maximum atomic E-state index is 14.6. The van der Waals surface area contributed by atoms with Gasteiger partial charge in [0.1, 0.15) is 12.6 Å². The second kappa shape index (κ2) is 15.9. The minimum Gasteiger partial charge on any atom is -0.354 e. The fourth-order valence-corrected chi connectivity index (χ4v) is 7.02. The number of unbranched alkanes of at least 4 members (excludes halogenated alkanes) is 1. The summed E-state index contributed by atoms with van der Waals surface area (Å²) in [5.41, 5.74) is 4.57. The van der Waals surface area contributed by atoms with Crippen molar-refractivity contribution in [2.45, 2.75) is 64.4 Å². The summed E-state index contributed by atoms with van der Waals surface area (Å²) in [5.74, 6) is -0.785. The van der Waals surface area contributed by atoms with Gasteiger partial charge in [0.2, 0.25) is 11.8 Å². The fourth-order valence-electron chi connectivity index (χ4n) is 5.32. The molecule has 0 aliphatic rings. The molecule has 4 aromatic rings. The lowest BCUT2D eigenvalue weighted by Gasteiger charge is -2.34. The first-order valence-electron chi connectivity index (χ1n) is 15.5. The third kappa shape index (κ3) is 8.98. The summed E-state index contributed by atoms with van der Waals surface area (Å²) in [6, 6.07) is 27.8. The predicted octanol–water partition coefficient (Wildman–Crippen LogP) is 7.02. The second-order valence-electron chi connectivity index (χ2n) is 11.6. The average Bonchev–Trinajstić information content (AvgIpc) is 3.02. The summed E-state index contributed by atoms with van der Waals surface area (Å²) in [7, 11) is -4.19. The van der Waals surface area contributed by atoms with Crippen LogP contribution in [0.15, 0.2) is 102 Å². The van der Waals surface area contributed by atoms with Gasteiger partial charge in [-0.1, -0.05) is 103 Å². The molecule has 0 fully saturated rings. The summed E-state index contributed by atoms with van der Waals surface area (Å²) >= 11 is 6.25. The van der Waals surface area contributed by atoms with Crippen LogP contribution in [0.3, 0.4) is 0 Å². The van der Waals surface area contributed by atoms with Crippen molar-refractivity contribution in [3.8, 4) is 0 Å². The molecule has 0 saturated carbocycles. The van der Waals surface area contributed by atoms with Crippen molar-refractivity contribution in [1.29, 1.82) is 0 Å². The normalized spacial score (nSPS) is 11.9. The minimum atomic E-state index is -4.19. The van der Waals surface area contributed by atoms with E-state index in [0.29, 0.717) is 22.8 Å². The summed E-state index contributed by atoms with van der Waals surface area (Å²) in [6.07, 6.45) is 1.97. The minimum absolute atomic E-state index is 0.0589. The largest absolute Gasteiger partial charge is 0.354 e. The Bertz CT molecular complexity index is 1740. The Hall–Kier alpha value is -4.14. The van der Waals surface area contributed by atoms with Crippen molar-refractivity contribution in [2.75, 3.05) is 17.4 Å². The number of sulfonamides is 1. The Morgan fingerprint density at radius 2 is 1.52 bits per heavy atom. The Kier molecular flexibility index (Phi) is 12.0. The van der Waals surface area contributed by atoms with Gasteiger partial charge in [-0.2, -0.15) is 0 Å². The van der Waals surface area contributed by atoms with E-state index in [9.17, 15) is 18.0 Å². The quantitative estimate of drug-likeness (QED) is 0.148. The highest BCUT2D eigenvalue weighted by molar-refractivity contribution is 7.92. The highest BCUT2D eigenvalue weighted by atomic mass is 35.5. The van der Waals surface area contributed by atoms with Crippen LogP contribution in [0.2, 0.25) is 5.02 Å². The van der Waals surface area contributed by atoms with E-state index in [1.807, 2.05) is 75.4 Å². The molecule has 0 aliphatic heterocycles. The van der Waals surface area contributed by atoms with Gasteiger partial charge in [-0.05, 0) is 74.2 Å². The highest BCUT2D eigenvalue weighted by Crippen LogP contribution is 2.30. The van der Waals surface area contributed by atoms with Gasteiger partial charge >= 0.3 is 0 Å². The van der Waals surface area contributed by atoms with Gasteiger partial charge in [0.25, 0.3) is 10.0 Å². The van der Waals surface area contributed by atoms with Crippen LogP contribution in [0.25, 0.3) is 0 Å². The van der Waals surface area contributed by atoms with Crippen LogP contribution < -0.4 is 9.62 Å². The van der Waals surface area contributed by atoms with Crippen LogP contribution in [-0.4, -0.2) is 44.3 Å². The number of benzene rings is 4. The van der Waals surface area contributed by atoms with Crippen LogP contribution in [0, 0.1) is 20.8 Å². The molecular weight excluding hydrogens is 618 g/mol. The molecule has 46 heavy (non-hydrogen) atoms. The highest BCUT2D eigenvalue weighted by Gasteiger charge is 2.35. The number of hydrogen-bond donors (Lipinski definition) is 1. The molecule has 2 amide bonds. The number of carbonyl (C=O) groups excluding carboxylic acids is 2. The molecule has 242 valence electrons. The lowest BCUT2D eigenvalue weighted by Crippen LogP contribution is -2.53. The first kappa shape index (κ1) is 34.7. The fraction of sp³-hybridized carbons (Fsp3) is 0.297. The molecule has 4 rings (SSSR count). The van der Waals surface area contributed by atoms with Crippen molar-refractivity contribution in [1.82, 2.24) is 10.2 Å². The Morgan fingerprint density at radius 1 is 0.826 bits per heavy atom. The number of aryl methyl sites for hydroxylation is 3. The number of amides is 2. The van der Waals surface area contributed by atoms with Gasteiger partial charge in [-0.3, -0.25) is 13.9 Å². The first-order chi connectivity index (χ1) is 22.0. The van der Waals surface area contributed by atoms with E-state index in [2.05, 4.69) is 5.32 Å². The van der Waals surface area contributed by atoms with E-state index < -0.39 is 28.5 Å². The molecular formula is C37H42ClN3O4S. The van der Waals surface area contributed by atoms with E-state index in [-0.39, 0.29) is 23.8 Å². The van der Waals surface area contributed by atoms with E-state index in [0.717, 1.165) is 39.4 Å². The predicted molar refractivity (Wildman–Crippen MR) is 185 cm³/mol. The Balaban J connectivity index is 1.81. The summed E-state index contributed by atoms with van der Waals surface area (Å²) in [4.78, 5) is 30.1. The maximum Gasteiger partial charge on any atom is 0.264 e. The summed E-state index contributed by atoms with van der Waals surface area (Å²) < 4.78 is 29.6. The SMILES string of the molecule is CCCCNC(=O)[C@H](Cc1ccccc1)N(Cc1cccc(C)c1)C(=O)CN(c1ccc(Cl)cc1C)S(=O)(=O)c1ccc(C)cc1. The lowest BCUT2D eigenvalue weighted by atomic mass is 10.0. The first-order valence-corrected chi connectivity index (χ1v) is 17.3. The molecule has 9 heteroatoms. The van der Waals surface area contributed by atoms with Gasteiger partial charge < -0.3 is 10.2 Å². The van der Waals surface area contributed by atoms with Crippen LogP contribution in [0.5, 0.6) is 0 Å². The van der Waals surface area contributed by atoms with Crippen molar-refractivity contribution in [2.24, 2.45) is 0 Å². The molecule has 0 spiro atoms. The number of anilines is 1. The topological polar surface area (TPSA) is 86.8 Å². The molecule has 0 unspecified atom stereocenters. The van der Waals surface area contributed by atoms with E-state index in [1.165, 1.54) is 17.0 Å². The van der Waals surface area contributed by atoms with Crippen LogP contribution >= 0.6 is 11.6 Å². The zero-order valence-electron chi connectivity index (χ0n) is 26.9. The molecule has 0 aromatic heterocycles. The zero-order valence-corrected chi connectivity index (χ0v) is 28.4. The van der Waals surface area contributed by atoms with Crippen molar-refractivity contribution >= 4 is 39.1 Å². The molecule has 7 nitrogen and oxygen atoms in total. The van der Waals surface area contributed by atoms with Crippen LogP contribution in [0.4, 0.5) is 5.69 Å². The standard InChI is InChI=1S/C37H42ClN3O4S/c1-5-6-21-39-37(43)35(24-30-12-8-7-9-13-30)40(25-31-14-10-11-28(3)22-31)36(42)26-41(34-20-17-32(38)23-29(34)4)46(44,45)33-18-15-27(2)16-19-33/h7-20,22-23,35H,5-6,21,24-26H2,1-4H3,(H,39,43)/t35-/m0/s1. The molecule has 1 N–H and O–H groups in total. The molecule has 0 saturated heterocycles. The monoisotopic (exact) mass is 659 g/mol. The third-order valence-electron chi connectivity index (χ3n) is 7.85. The van der Waals surface area contributed by atoms with Crippen LogP contribution in [0.1, 0.15) is 47.6 Å². The number of rotatable bonds is 14. The second-order valence-corrected chi connectivity index (χ2v) is 13.9. The number of nitrogens with one attached hydrogen (secondary N) is 1. The van der Waals surface area contributed by atoms with Crippen molar-refractivity contribution in [3.63, 3.8) is 0 Å². The third-order valence-corrected chi connectivity index (χ3v) is 9.86. The zero-order chi connectivity index (χ0) is 33.3. The van der Waals surface area contributed by atoms with E-state index in [4.69, 9.17) is 11.6 Å². The molecule has 0 heterocycles. The number of hydrogen-bond acceptors (Lipinski definition) is 4. The summed E-state index contributed by atoms with van der Waals surface area (Å²) in [5, 5.41) is 3.47. The average molecular weight is 660 g/mol. The van der Waals surface area contributed by atoms with Gasteiger partial charge in [0.05, 0.1) is 10.6 Å². The van der Waals surface area contributed by atoms with Crippen molar-refractivity contribution < 1.29 is 18.0 Å². The number of halogens is 1. The number of carbonyl (C=O) groups is 2. The van der Waals surface area contributed by atoms with E-state index >= 15 is 0 Å². The van der Waals surface area contributed by atoms with E-state index in [1.54, 1.807) is 37.3 Å². The van der Waals surface area contributed by atoms with Gasteiger partial charge in [-0.25, -0.2) is 8.42 Å². The summed E-state index contributed by atoms with van der Waals surface area (Å²) in [6.45, 7) is 7.73. The molecule has 4 aromatic carbocycles. The maximum absolute atomic E-state index is 14.6. The number of nitrogens with zero attached hydrogens (tertiary/aromatic N) is 2. The molecule has 0 aliphatic carbocycles. The smallest absolute Gasteiger partial charge is 0.264 e. The lowest BCUT2D eigenvalue weighted by molar-refractivity contribution is -0.140. The van der Waals surface area contributed by atoms with Gasteiger partial charge in [0.15, 0.2) is 0 Å². The van der Waals surface area contributed by atoms with Gasteiger partial charge in [0, 0.05) is 24.5 Å². The van der Waals surface area contributed by atoms with Crippen LogP contribution in [-0.2, 0) is 32.6 Å². The molecule has 0 bridgehead atoms.